The molecular weight excluding hydrogens is 1130 g/mol. The minimum atomic E-state index is -4.95. The molecule has 0 saturated heterocycles. The third-order valence-corrected chi connectivity index (χ3v) is 17.1. The molecule has 0 rings (SSSR count). The molecule has 0 aromatic heterocycles. The Labute approximate surface area is 517 Å². The van der Waals surface area contributed by atoms with Gasteiger partial charge in [-0.15, -0.1) is 0 Å². The molecule has 5 atom stereocenters. The fourth-order valence-electron chi connectivity index (χ4n) is 9.88. The van der Waals surface area contributed by atoms with Crippen LogP contribution in [0.5, 0.6) is 0 Å². The number of unbranched alkanes of at least 4 members (excludes halogenated alkanes) is 35. The average Bonchev–Trinajstić information content (AvgIpc) is 3.61. The number of aliphatic hydroxyl groups is 1. The summed E-state index contributed by atoms with van der Waals surface area (Å²) in [4.78, 5) is 72.2. The molecule has 0 fully saturated rings. The molecule has 0 amide bonds. The monoisotopic (exact) mass is 1250 g/mol. The largest absolute Gasteiger partial charge is 0.472 e. The van der Waals surface area contributed by atoms with E-state index in [4.69, 9.17) is 37.0 Å². The van der Waals surface area contributed by atoms with Crippen molar-refractivity contribution in [2.24, 2.45) is 11.8 Å². The number of hydrogen-bond donors (Lipinski definition) is 3. The summed E-state index contributed by atoms with van der Waals surface area (Å²) in [6.45, 7) is 9.46. The second kappa shape index (κ2) is 58.4. The van der Waals surface area contributed by atoms with Gasteiger partial charge in [0.1, 0.15) is 19.3 Å². The number of hydrogen-bond acceptors (Lipinski definition) is 15. The molecular formula is C66H128O17P2. The number of rotatable bonds is 65. The smallest absolute Gasteiger partial charge is 0.462 e. The number of aliphatic hydroxyl groups excluding tert-OH is 1. The summed E-state index contributed by atoms with van der Waals surface area (Å²) in [5.74, 6) is -0.597. The van der Waals surface area contributed by atoms with Crippen molar-refractivity contribution in [1.82, 2.24) is 0 Å². The van der Waals surface area contributed by atoms with Gasteiger partial charge in [0.15, 0.2) is 12.2 Å². The minimum Gasteiger partial charge on any atom is -0.462 e. The van der Waals surface area contributed by atoms with Gasteiger partial charge in [0.05, 0.1) is 26.4 Å². The molecule has 504 valence electrons. The topological polar surface area (TPSA) is 237 Å². The molecule has 0 spiro atoms. The van der Waals surface area contributed by atoms with E-state index in [0.717, 1.165) is 115 Å². The molecule has 0 aromatic carbocycles. The Bertz CT molecular complexity index is 1670. The number of carbonyl (C=O) groups is 4. The molecule has 0 bridgehead atoms. The summed E-state index contributed by atoms with van der Waals surface area (Å²) in [7, 11) is -9.88. The molecule has 17 nitrogen and oxygen atoms in total. The van der Waals surface area contributed by atoms with E-state index >= 15 is 0 Å². The summed E-state index contributed by atoms with van der Waals surface area (Å²) in [5, 5.41) is 10.5. The van der Waals surface area contributed by atoms with Crippen LogP contribution in [0.3, 0.4) is 0 Å². The molecule has 2 unspecified atom stereocenters. The highest BCUT2D eigenvalue weighted by Crippen LogP contribution is 2.45. The van der Waals surface area contributed by atoms with Crippen LogP contribution in [0.2, 0.25) is 0 Å². The maximum atomic E-state index is 13.0. The molecule has 0 saturated carbocycles. The molecule has 0 aromatic rings. The van der Waals surface area contributed by atoms with Gasteiger partial charge in [0.25, 0.3) is 0 Å². The second-order valence-corrected chi connectivity index (χ2v) is 27.7. The van der Waals surface area contributed by atoms with E-state index in [1.165, 1.54) is 135 Å². The molecule has 0 radical (unpaired) electrons. The Morgan fingerprint density at radius 2 is 0.541 bits per heavy atom. The van der Waals surface area contributed by atoms with Crippen molar-refractivity contribution in [2.45, 2.75) is 349 Å². The molecule has 0 aliphatic carbocycles. The Morgan fingerprint density at radius 1 is 0.318 bits per heavy atom. The van der Waals surface area contributed by atoms with E-state index in [1.54, 1.807) is 0 Å². The minimum absolute atomic E-state index is 0.105. The van der Waals surface area contributed by atoms with Crippen molar-refractivity contribution in [3.8, 4) is 0 Å². The fourth-order valence-corrected chi connectivity index (χ4v) is 11.5. The molecule has 85 heavy (non-hydrogen) atoms. The highest BCUT2D eigenvalue weighted by atomic mass is 31.2. The molecule has 19 heteroatoms. The lowest BCUT2D eigenvalue weighted by atomic mass is 10.0. The first kappa shape index (κ1) is 83.1. The Hall–Kier alpha value is -1.94. The zero-order chi connectivity index (χ0) is 62.9. The maximum Gasteiger partial charge on any atom is 0.472 e. The van der Waals surface area contributed by atoms with E-state index in [-0.39, 0.29) is 25.7 Å². The number of phosphoric ester groups is 2. The number of ether oxygens (including phenoxy) is 4. The van der Waals surface area contributed by atoms with Crippen molar-refractivity contribution in [3.63, 3.8) is 0 Å². The van der Waals surface area contributed by atoms with Gasteiger partial charge >= 0.3 is 39.5 Å². The van der Waals surface area contributed by atoms with Crippen LogP contribution >= 0.6 is 15.6 Å². The van der Waals surface area contributed by atoms with Crippen molar-refractivity contribution in [2.75, 3.05) is 39.6 Å². The maximum absolute atomic E-state index is 13.0. The lowest BCUT2D eigenvalue weighted by molar-refractivity contribution is -0.161. The number of phosphoric acid groups is 2. The number of esters is 4. The summed E-state index contributed by atoms with van der Waals surface area (Å²) in [5.41, 5.74) is 0. The van der Waals surface area contributed by atoms with E-state index in [0.29, 0.717) is 25.7 Å². The standard InChI is InChI=1S/C66H128O17P2/c1-7-9-11-13-15-23-32-38-44-50-65(70)82-61(54-76-63(68)48-42-36-28-14-12-10-8-2)56-80-84(72,73)78-52-60(67)53-79-85(74,75)81-57-62(55-77-64(69)49-43-37-31-27-22-25-30-35-41-47-59(5)6)83-66(71)51-45-39-33-26-21-19-17-16-18-20-24-29-34-40-46-58(3)4/h58-62,67H,7-57H2,1-6H3,(H,72,73)(H,74,75)/t60-,61+,62+/m0/s1. The van der Waals surface area contributed by atoms with E-state index < -0.39 is 97.5 Å². The predicted molar refractivity (Wildman–Crippen MR) is 340 cm³/mol. The van der Waals surface area contributed by atoms with E-state index in [2.05, 4.69) is 41.5 Å². The van der Waals surface area contributed by atoms with Gasteiger partial charge in [-0.05, 0) is 37.5 Å². The first-order chi connectivity index (χ1) is 40.9. The lowest BCUT2D eigenvalue weighted by Gasteiger charge is -2.21. The van der Waals surface area contributed by atoms with Crippen LogP contribution in [-0.2, 0) is 65.4 Å². The van der Waals surface area contributed by atoms with E-state index in [1.807, 2.05) is 0 Å². The highest BCUT2D eigenvalue weighted by Gasteiger charge is 2.30. The summed E-state index contributed by atoms with van der Waals surface area (Å²) in [6, 6.07) is 0. The zero-order valence-corrected chi connectivity index (χ0v) is 56.7. The van der Waals surface area contributed by atoms with Crippen LogP contribution in [0.4, 0.5) is 0 Å². The average molecular weight is 1260 g/mol. The van der Waals surface area contributed by atoms with Gasteiger partial charge < -0.3 is 33.8 Å². The molecule has 3 N–H and O–H groups in total. The van der Waals surface area contributed by atoms with Gasteiger partial charge in [-0.2, -0.15) is 0 Å². The van der Waals surface area contributed by atoms with E-state index in [9.17, 15) is 43.2 Å². The van der Waals surface area contributed by atoms with Gasteiger partial charge in [-0.3, -0.25) is 37.3 Å². The first-order valence-electron chi connectivity index (χ1n) is 34.5. The number of carbonyl (C=O) groups excluding carboxylic acids is 4. The van der Waals surface area contributed by atoms with Crippen molar-refractivity contribution >= 4 is 39.5 Å². The summed E-state index contributed by atoms with van der Waals surface area (Å²) in [6.07, 6.45) is 41.8. The third-order valence-electron chi connectivity index (χ3n) is 15.2. The Morgan fingerprint density at radius 3 is 0.800 bits per heavy atom. The van der Waals surface area contributed by atoms with Crippen LogP contribution in [0.25, 0.3) is 0 Å². The SMILES string of the molecule is CCCCCCCCCCCC(=O)O[C@H](COC(=O)CCCCCCCCC)COP(=O)(O)OC[C@H](O)COP(=O)(O)OC[C@@H](COC(=O)CCCCCCCCCCCC(C)C)OC(=O)CCCCCCCCCCCCCCCCC(C)C. The van der Waals surface area contributed by atoms with Crippen molar-refractivity contribution in [1.29, 1.82) is 0 Å². The Balaban J connectivity index is 5.19. The van der Waals surface area contributed by atoms with Crippen molar-refractivity contribution < 1.29 is 80.2 Å². The highest BCUT2D eigenvalue weighted by molar-refractivity contribution is 7.47. The molecule has 0 aliphatic rings. The normalized spacial score (nSPS) is 14.2. The zero-order valence-electron chi connectivity index (χ0n) is 54.9. The van der Waals surface area contributed by atoms with Crippen LogP contribution in [-0.4, -0.2) is 96.7 Å². The quantitative estimate of drug-likeness (QED) is 0.0222. The van der Waals surface area contributed by atoms with Gasteiger partial charge in [0, 0.05) is 25.7 Å². The molecule has 0 aliphatic heterocycles. The Kier molecular flexibility index (Phi) is 57.1. The molecule has 0 heterocycles. The van der Waals surface area contributed by atoms with Gasteiger partial charge in [-0.1, -0.05) is 279 Å². The van der Waals surface area contributed by atoms with Crippen LogP contribution in [0, 0.1) is 11.8 Å². The van der Waals surface area contributed by atoms with Gasteiger partial charge in [0.2, 0.25) is 0 Å². The fraction of sp³-hybridized carbons (Fsp3) is 0.939. The van der Waals surface area contributed by atoms with Crippen LogP contribution < -0.4 is 0 Å². The van der Waals surface area contributed by atoms with Crippen LogP contribution in [0.15, 0.2) is 0 Å². The van der Waals surface area contributed by atoms with Crippen LogP contribution in [0.1, 0.15) is 330 Å². The lowest BCUT2D eigenvalue weighted by Crippen LogP contribution is -2.30. The first-order valence-corrected chi connectivity index (χ1v) is 37.5. The summed E-state index contributed by atoms with van der Waals surface area (Å²) < 4.78 is 68.0. The summed E-state index contributed by atoms with van der Waals surface area (Å²) >= 11 is 0. The third kappa shape index (κ3) is 60.7. The predicted octanol–water partition coefficient (Wildman–Crippen LogP) is 18.4. The van der Waals surface area contributed by atoms with Crippen molar-refractivity contribution in [3.05, 3.63) is 0 Å². The second-order valence-electron chi connectivity index (χ2n) is 24.8. The van der Waals surface area contributed by atoms with Gasteiger partial charge in [-0.25, -0.2) is 9.13 Å².